The predicted octanol–water partition coefficient (Wildman–Crippen LogP) is 3.46. The highest BCUT2D eigenvalue weighted by Crippen LogP contribution is 2.49. The summed E-state index contributed by atoms with van der Waals surface area (Å²) in [5.74, 6) is -1.05. The van der Waals surface area contributed by atoms with Gasteiger partial charge in [0.25, 0.3) is 0 Å². The minimum absolute atomic E-state index is 0. The van der Waals surface area contributed by atoms with Crippen LogP contribution in [0.2, 0.25) is 0 Å². The molecule has 1 N–H and O–H groups in total. The molecule has 5 rings (SSSR count). The lowest BCUT2D eigenvalue weighted by Gasteiger charge is -2.52. The molecule has 0 bridgehead atoms. The van der Waals surface area contributed by atoms with E-state index < -0.39 is 12.1 Å². The van der Waals surface area contributed by atoms with E-state index in [4.69, 9.17) is 14.2 Å². The monoisotopic (exact) mass is 416 g/mol. The molecule has 0 amide bonds. The Bertz CT molecular complexity index is 1060. The maximum absolute atomic E-state index is 12.6. The summed E-state index contributed by atoms with van der Waals surface area (Å²) in [5, 5.41) is 1.21. The van der Waals surface area contributed by atoms with Gasteiger partial charge in [-0.1, -0.05) is 18.2 Å². The molecule has 3 unspecified atom stereocenters. The molecule has 2 aromatic rings. The van der Waals surface area contributed by atoms with Crippen LogP contribution in [0.3, 0.4) is 0 Å². The summed E-state index contributed by atoms with van der Waals surface area (Å²) >= 11 is 0. The minimum atomic E-state index is -0.509. The van der Waals surface area contributed by atoms with Gasteiger partial charge in [-0.15, -0.1) is 0 Å². The number of nitrogens with one attached hydrogen (secondary N) is 1. The van der Waals surface area contributed by atoms with Gasteiger partial charge in [0.15, 0.2) is 0 Å². The summed E-state index contributed by atoms with van der Waals surface area (Å²) in [6.45, 7) is 5.06. The zero-order valence-corrected chi connectivity index (χ0v) is 17.4. The third kappa shape index (κ3) is 2.83. The molecule has 3 aliphatic rings. The van der Waals surface area contributed by atoms with Crippen molar-refractivity contribution in [1.29, 1.82) is 0 Å². The van der Waals surface area contributed by atoms with Gasteiger partial charge in [0.2, 0.25) is 0 Å². The van der Waals surface area contributed by atoms with Gasteiger partial charge >= 0.3 is 11.9 Å². The molecule has 4 heterocycles. The van der Waals surface area contributed by atoms with Crippen molar-refractivity contribution in [3.05, 3.63) is 47.4 Å². The fourth-order valence-electron chi connectivity index (χ4n) is 5.56. The third-order valence-corrected chi connectivity index (χ3v) is 6.85. The van der Waals surface area contributed by atoms with Crippen LogP contribution in [-0.2, 0) is 30.2 Å². The predicted molar refractivity (Wildman–Crippen MR) is 116 cm³/mol. The Morgan fingerprint density at radius 2 is 2.10 bits per heavy atom. The molecular formula is C23H32N2O5. The first kappa shape index (κ1) is 19.2. The van der Waals surface area contributed by atoms with Crippen LogP contribution in [0.5, 0.6) is 0 Å². The number of piperidine rings is 1. The number of para-hydroxylation sites is 1. The zero-order valence-electron chi connectivity index (χ0n) is 17.4. The molecule has 164 valence electrons. The average Bonchev–Trinajstić information content (AvgIpc) is 3.12. The van der Waals surface area contributed by atoms with Crippen molar-refractivity contribution in [2.24, 2.45) is 11.8 Å². The Hall–Kier alpha value is -2.80. The average molecular weight is 417 g/mol. The van der Waals surface area contributed by atoms with E-state index in [1.54, 1.807) is 0 Å². The van der Waals surface area contributed by atoms with Crippen LogP contribution < -0.4 is 0 Å². The quantitative estimate of drug-likeness (QED) is 0.755. The van der Waals surface area contributed by atoms with Crippen LogP contribution in [0.1, 0.15) is 35.4 Å². The number of nitrogens with zero attached hydrogens (tertiary/aromatic N) is 1. The SMILES string of the molecule is COC(=O)C1=CO[C@H](C)C2CN3CCc4c([nH]c5ccccc45)C3[C@@H](OC(C)=O)C12.[HH].[HH].[HH]. The third-order valence-electron chi connectivity index (χ3n) is 6.85. The zero-order chi connectivity index (χ0) is 21.0. The lowest BCUT2D eigenvalue weighted by atomic mass is 9.70. The first-order valence-corrected chi connectivity index (χ1v) is 10.4. The number of H-pyrrole nitrogens is 1. The summed E-state index contributed by atoms with van der Waals surface area (Å²) in [5.41, 5.74) is 3.87. The summed E-state index contributed by atoms with van der Waals surface area (Å²) < 4.78 is 16.8. The number of hydrogen-bond donors (Lipinski definition) is 1. The molecule has 30 heavy (non-hydrogen) atoms. The Morgan fingerprint density at radius 1 is 1.30 bits per heavy atom. The van der Waals surface area contributed by atoms with Gasteiger partial charge in [-0.25, -0.2) is 4.79 Å². The van der Waals surface area contributed by atoms with Gasteiger partial charge in [0.1, 0.15) is 6.10 Å². The van der Waals surface area contributed by atoms with Gasteiger partial charge in [0, 0.05) is 52.7 Å². The second-order valence-electron chi connectivity index (χ2n) is 8.42. The second kappa shape index (κ2) is 7.16. The molecule has 0 radical (unpaired) electrons. The Labute approximate surface area is 179 Å². The van der Waals surface area contributed by atoms with Crippen molar-refractivity contribution in [3.8, 4) is 0 Å². The van der Waals surface area contributed by atoms with E-state index in [0.29, 0.717) is 5.57 Å². The van der Waals surface area contributed by atoms with E-state index in [-0.39, 0.29) is 34.2 Å². The van der Waals surface area contributed by atoms with Gasteiger partial charge in [-0.2, -0.15) is 0 Å². The number of aromatic nitrogens is 1. The van der Waals surface area contributed by atoms with E-state index in [9.17, 15) is 9.59 Å². The number of hydrogen-bond acceptors (Lipinski definition) is 6. The number of carbonyl (C=O) groups excluding carboxylic acids is 2. The van der Waals surface area contributed by atoms with Crippen LogP contribution in [0, 0.1) is 11.8 Å². The molecule has 0 aliphatic carbocycles. The van der Waals surface area contributed by atoms with Crippen LogP contribution in [0.15, 0.2) is 36.1 Å². The maximum atomic E-state index is 12.6. The first-order chi connectivity index (χ1) is 14.5. The molecular weight excluding hydrogens is 384 g/mol. The maximum Gasteiger partial charge on any atom is 0.337 e. The lowest BCUT2D eigenvalue weighted by Crippen LogP contribution is -2.59. The molecule has 0 spiro atoms. The van der Waals surface area contributed by atoms with Crippen molar-refractivity contribution in [3.63, 3.8) is 0 Å². The molecule has 5 atom stereocenters. The number of fused-ring (bicyclic) bond motifs is 6. The van der Waals surface area contributed by atoms with Crippen LogP contribution in [0.4, 0.5) is 0 Å². The number of esters is 2. The van der Waals surface area contributed by atoms with Crippen LogP contribution >= 0.6 is 0 Å². The summed E-state index contributed by atoms with van der Waals surface area (Å²) in [7, 11) is 1.36. The molecule has 3 aliphatic heterocycles. The van der Waals surface area contributed by atoms with Crippen molar-refractivity contribution in [1.82, 2.24) is 9.88 Å². The number of benzene rings is 1. The summed E-state index contributed by atoms with van der Waals surface area (Å²) in [6.07, 6.45) is 1.82. The fourth-order valence-corrected chi connectivity index (χ4v) is 5.56. The highest BCUT2D eigenvalue weighted by molar-refractivity contribution is 5.89. The van der Waals surface area contributed by atoms with Crippen LogP contribution in [0.25, 0.3) is 10.9 Å². The number of ether oxygens (including phenoxy) is 3. The highest BCUT2D eigenvalue weighted by Gasteiger charge is 2.54. The molecule has 0 saturated carbocycles. The normalized spacial score (nSPS) is 30.4. The van der Waals surface area contributed by atoms with Crippen molar-refractivity contribution in [2.45, 2.75) is 38.5 Å². The van der Waals surface area contributed by atoms with E-state index in [0.717, 1.165) is 30.7 Å². The van der Waals surface area contributed by atoms with E-state index in [1.807, 2.05) is 19.1 Å². The molecule has 7 nitrogen and oxygen atoms in total. The standard InChI is InChI=1S/C23H26N2O5.3H2/c1-12-16-10-25-9-8-15-14-6-4-5-7-18(14)24-20(15)21(25)22(30-13(2)26)19(16)17(11-29-12)23(27)28-3;;;/h4-7,11-12,16,19,21-22,24H,8-10H2,1-3H3;3*1H/t12-,16?,19?,21?,22+;;;/m1.../s1. The number of methoxy groups -OCH3 is 1. The minimum Gasteiger partial charge on any atom is -0.497 e. The van der Waals surface area contributed by atoms with Crippen molar-refractivity contribution >= 4 is 22.8 Å². The molecule has 7 heteroatoms. The topological polar surface area (TPSA) is 80.9 Å². The van der Waals surface area contributed by atoms with Gasteiger partial charge in [-0.05, 0) is 25.0 Å². The van der Waals surface area contributed by atoms with Crippen LogP contribution in [-0.4, -0.2) is 54.2 Å². The second-order valence-corrected chi connectivity index (χ2v) is 8.42. The van der Waals surface area contributed by atoms with E-state index >= 15 is 0 Å². The fraction of sp³-hybridized carbons (Fsp3) is 0.478. The van der Waals surface area contributed by atoms with Gasteiger partial charge < -0.3 is 19.2 Å². The van der Waals surface area contributed by atoms with Gasteiger partial charge in [-0.3, -0.25) is 9.69 Å². The molecule has 1 saturated heterocycles. The number of carbonyl (C=O) groups is 2. The number of aromatic amines is 1. The smallest absolute Gasteiger partial charge is 0.337 e. The van der Waals surface area contributed by atoms with Crippen molar-refractivity contribution < 1.29 is 28.1 Å². The molecule has 1 fully saturated rings. The van der Waals surface area contributed by atoms with E-state index in [2.05, 4.69) is 22.0 Å². The largest absolute Gasteiger partial charge is 0.497 e. The first-order valence-electron chi connectivity index (χ1n) is 10.4. The molecule has 1 aromatic carbocycles. The molecule has 1 aromatic heterocycles. The summed E-state index contributed by atoms with van der Waals surface area (Å²) in [4.78, 5) is 30.7. The highest BCUT2D eigenvalue weighted by atomic mass is 16.5. The Balaban J connectivity index is 0.00000128. The number of rotatable bonds is 2. The Morgan fingerprint density at radius 3 is 2.87 bits per heavy atom. The van der Waals surface area contributed by atoms with E-state index in [1.165, 1.54) is 31.2 Å². The Kier molecular flexibility index (Phi) is 4.58. The summed E-state index contributed by atoms with van der Waals surface area (Å²) in [6, 6.07) is 8.11. The van der Waals surface area contributed by atoms with Crippen molar-refractivity contribution in [2.75, 3.05) is 20.2 Å². The lowest BCUT2D eigenvalue weighted by molar-refractivity contribution is -0.169. The van der Waals surface area contributed by atoms with Gasteiger partial charge in [0.05, 0.1) is 31.1 Å².